The molecule has 0 spiro atoms. The van der Waals surface area contributed by atoms with Crippen molar-refractivity contribution < 1.29 is 14.3 Å². The lowest BCUT2D eigenvalue weighted by molar-refractivity contribution is 0.0916. The van der Waals surface area contributed by atoms with Crippen molar-refractivity contribution in [3.8, 4) is 0 Å². The van der Waals surface area contributed by atoms with Gasteiger partial charge in [-0.05, 0) is 24.6 Å². The second-order valence-electron chi connectivity index (χ2n) is 4.81. The maximum absolute atomic E-state index is 13.6. The Balaban J connectivity index is 2.02. The first-order valence-electron chi connectivity index (χ1n) is 6.56. The Morgan fingerprint density at radius 2 is 2.00 bits per heavy atom. The van der Waals surface area contributed by atoms with Gasteiger partial charge >= 0.3 is 0 Å². The standard InChI is InChI=1S/C16H17FN2O2/c1-10-13(17)7-12(8-14(10)18)16(21)19-9-15(20)11-5-3-2-4-6-11/h2-8,15,20H,9,18H2,1H3,(H,19,21). The summed E-state index contributed by atoms with van der Waals surface area (Å²) in [5.74, 6) is -1.00. The summed E-state index contributed by atoms with van der Waals surface area (Å²) in [7, 11) is 0. The molecular weight excluding hydrogens is 271 g/mol. The molecule has 2 rings (SSSR count). The van der Waals surface area contributed by atoms with Crippen molar-refractivity contribution in [3.05, 3.63) is 65.0 Å². The minimum absolute atomic E-state index is 0.0399. The van der Waals surface area contributed by atoms with Gasteiger partial charge in [0.15, 0.2) is 0 Å². The molecule has 4 nitrogen and oxygen atoms in total. The van der Waals surface area contributed by atoms with Crippen LogP contribution in [0.1, 0.15) is 27.6 Å². The largest absolute Gasteiger partial charge is 0.398 e. The van der Waals surface area contributed by atoms with E-state index in [1.807, 2.05) is 6.07 Å². The number of benzene rings is 2. The smallest absolute Gasteiger partial charge is 0.251 e. The first-order chi connectivity index (χ1) is 9.99. The highest BCUT2D eigenvalue weighted by molar-refractivity contribution is 5.95. The number of halogens is 1. The minimum atomic E-state index is -0.817. The van der Waals surface area contributed by atoms with Crippen molar-refractivity contribution in [1.82, 2.24) is 5.32 Å². The highest BCUT2D eigenvalue weighted by Gasteiger charge is 2.13. The van der Waals surface area contributed by atoms with E-state index in [-0.39, 0.29) is 17.8 Å². The van der Waals surface area contributed by atoms with Crippen LogP contribution in [0.2, 0.25) is 0 Å². The number of amides is 1. The highest BCUT2D eigenvalue weighted by atomic mass is 19.1. The molecule has 2 aromatic carbocycles. The van der Waals surface area contributed by atoms with Gasteiger partial charge in [-0.1, -0.05) is 30.3 Å². The number of anilines is 1. The van der Waals surface area contributed by atoms with Crippen LogP contribution in [-0.2, 0) is 0 Å². The van der Waals surface area contributed by atoms with Crippen LogP contribution in [0.3, 0.4) is 0 Å². The Kier molecular flexibility index (Phi) is 4.55. The number of hydrogen-bond acceptors (Lipinski definition) is 3. The Bertz CT molecular complexity index is 621. The predicted octanol–water partition coefficient (Wildman–Crippen LogP) is 2.18. The average Bonchev–Trinajstić information content (AvgIpc) is 2.50. The Morgan fingerprint density at radius 3 is 2.62 bits per heavy atom. The summed E-state index contributed by atoms with van der Waals surface area (Å²) in [6, 6.07) is 11.5. The quantitative estimate of drug-likeness (QED) is 0.755. The SMILES string of the molecule is Cc1c(N)cc(C(=O)NCC(O)c2ccccc2)cc1F. The summed E-state index contributed by atoms with van der Waals surface area (Å²) in [5.41, 5.74) is 7.01. The summed E-state index contributed by atoms with van der Waals surface area (Å²) in [6.07, 6.45) is -0.817. The number of carbonyl (C=O) groups excluding carboxylic acids is 1. The maximum Gasteiger partial charge on any atom is 0.251 e. The van der Waals surface area contributed by atoms with Crippen molar-refractivity contribution in [2.75, 3.05) is 12.3 Å². The molecule has 110 valence electrons. The van der Waals surface area contributed by atoms with Gasteiger partial charge in [-0.25, -0.2) is 4.39 Å². The van der Waals surface area contributed by atoms with Crippen LogP contribution in [0.15, 0.2) is 42.5 Å². The molecule has 0 saturated carbocycles. The van der Waals surface area contributed by atoms with E-state index in [0.29, 0.717) is 11.1 Å². The van der Waals surface area contributed by atoms with Crippen molar-refractivity contribution in [3.63, 3.8) is 0 Å². The molecule has 0 radical (unpaired) electrons. The molecule has 1 amide bonds. The van der Waals surface area contributed by atoms with Gasteiger partial charge in [-0.2, -0.15) is 0 Å². The number of rotatable bonds is 4. The molecule has 0 fully saturated rings. The van der Waals surface area contributed by atoms with Crippen LogP contribution >= 0.6 is 0 Å². The monoisotopic (exact) mass is 288 g/mol. The molecule has 0 aromatic heterocycles. The van der Waals surface area contributed by atoms with E-state index in [9.17, 15) is 14.3 Å². The molecule has 4 N–H and O–H groups in total. The molecule has 0 aliphatic carbocycles. The van der Waals surface area contributed by atoms with E-state index in [0.717, 1.165) is 6.07 Å². The van der Waals surface area contributed by atoms with Gasteiger partial charge in [0.2, 0.25) is 0 Å². The first kappa shape index (κ1) is 15.0. The summed E-state index contributed by atoms with van der Waals surface area (Å²) in [6.45, 7) is 1.59. The molecule has 0 heterocycles. The Hall–Kier alpha value is -2.40. The van der Waals surface area contributed by atoms with Gasteiger partial charge in [0.05, 0.1) is 6.10 Å². The molecule has 21 heavy (non-hydrogen) atoms. The highest BCUT2D eigenvalue weighted by Crippen LogP contribution is 2.18. The van der Waals surface area contributed by atoms with Crippen LogP contribution < -0.4 is 11.1 Å². The Labute approximate surface area is 122 Å². The van der Waals surface area contributed by atoms with E-state index in [1.54, 1.807) is 31.2 Å². The number of aliphatic hydroxyl groups is 1. The van der Waals surface area contributed by atoms with E-state index >= 15 is 0 Å². The lowest BCUT2D eigenvalue weighted by Crippen LogP contribution is -2.28. The number of hydrogen-bond donors (Lipinski definition) is 3. The van der Waals surface area contributed by atoms with Gasteiger partial charge < -0.3 is 16.2 Å². The molecule has 2 aromatic rings. The van der Waals surface area contributed by atoms with Crippen LogP contribution in [0.4, 0.5) is 10.1 Å². The lowest BCUT2D eigenvalue weighted by Gasteiger charge is -2.13. The zero-order valence-electron chi connectivity index (χ0n) is 11.6. The van der Waals surface area contributed by atoms with Gasteiger partial charge in [-0.15, -0.1) is 0 Å². The van der Waals surface area contributed by atoms with Crippen LogP contribution in [-0.4, -0.2) is 17.6 Å². The number of nitrogens with two attached hydrogens (primary N) is 1. The van der Waals surface area contributed by atoms with Crippen molar-refractivity contribution in [1.29, 1.82) is 0 Å². The second-order valence-corrected chi connectivity index (χ2v) is 4.81. The van der Waals surface area contributed by atoms with Gasteiger partial charge in [0, 0.05) is 23.4 Å². The van der Waals surface area contributed by atoms with Crippen LogP contribution in [0.25, 0.3) is 0 Å². The summed E-state index contributed by atoms with van der Waals surface area (Å²) < 4.78 is 13.6. The second kappa shape index (κ2) is 6.37. The van der Waals surface area contributed by atoms with Gasteiger partial charge in [-0.3, -0.25) is 4.79 Å². The fourth-order valence-electron chi connectivity index (χ4n) is 1.92. The number of nitrogen functional groups attached to an aromatic ring is 1. The Morgan fingerprint density at radius 1 is 1.33 bits per heavy atom. The molecular formula is C16H17FN2O2. The zero-order chi connectivity index (χ0) is 15.4. The first-order valence-corrected chi connectivity index (χ1v) is 6.56. The summed E-state index contributed by atoms with van der Waals surface area (Å²) >= 11 is 0. The third-order valence-electron chi connectivity index (χ3n) is 3.29. The van der Waals surface area contributed by atoms with E-state index in [1.165, 1.54) is 6.07 Å². The number of carbonyl (C=O) groups is 1. The predicted molar refractivity (Wildman–Crippen MR) is 79.3 cm³/mol. The number of aliphatic hydroxyl groups excluding tert-OH is 1. The maximum atomic E-state index is 13.6. The van der Waals surface area contributed by atoms with E-state index < -0.39 is 17.8 Å². The molecule has 1 atom stereocenters. The molecule has 0 bridgehead atoms. The number of nitrogens with one attached hydrogen (secondary N) is 1. The average molecular weight is 288 g/mol. The van der Waals surface area contributed by atoms with Crippen LogP contribution in [0.5, 0.6) is 0 Å². The fraction of sp³-hybridized carbons (Fsp3) is 0.188. The zero-order valence-corrected chi connectivity index (χ0v) is 11.6. The third kappa shape index (κ3) is 3.58. The molecule has 5 heteroatoms. The third-order valence-corrected chi connectivity index (χ3v) is 3.29. The lowest BCUT2D eigenvalue weighted by atomic mass is 10.1. The molecule has 0 aliphatic rings. The molecule has 1 unspecified atom stereocenters. The fourth-order valence-corrected chi connectivity index (χ4v) is 1.92. The van der Waals surface area contributed by atoms with Crippen molar-refractivity contribution in [2.45, 2.75) is 13.0 Å². The van der Waals surface area contributed by atoms with E-state index in [4.69, 9.17) is 5.73 Å². The normalized spacial score (nSPS) is 12.0. The summed E-state index contributed by atoms with van der Waals surface area (Å²) in [4.78, 5) is 12.0. The van der Waals surface area contributed by atoms with Crippen molar-refractivity contribution >= 4 is 11.6 Å². The molecule has 0 aliphatic heterocycles. The minimum Gasteiger partial charge on any atom is -0.398 e. The van der Waals surface area contributed by atoms with Crippen LogP contribution in [0, 0.1) is 12.7 Å². The van der Waals surface area contributed by atoms with E-state index in [2.05, 4.69) is 5.32 Å². The molecule has 0 saturated heterocycles. The summed E-state index contributed by atoms with van der Waals surface area (Å²) in [5, 5.41) is 12.5. The topological polar surface area (TPSA) is 75.4 Å². The van der Waals surface area contributed by atoms with Gasteiger partial charge in [0.1, 0.15) is 5.82 Å². The van der Waals surface area contributed by atoms with Gasteiger partial charge in [0.25, 0.3) is 5.91 Å². The van der Waals surface area contributed by atoms with Crippen molar-refractivity contribution in [2.24, 2.45) is 0 Å².